The van der Waals surface area contributed by atoms with Crippen LogP contribution in [0.2, 0.25) is 0 Å². The van der Waals surface area contributed by atoms with E-state index in [1.165, 1.54) is 7.11 Å². The molecule has 0 amide bonds. The molecule has 1 fully saturated rings. The molecule has 0 spiro atoms. The van der Waals surface area contributed by atoms with Crippen molar-refractivity contribution in [3.63, 3.8) is 0 Å². The highest BCUT2D eigenvalue weighted by Crippen LogP contribution is 2.48. The van der Waals surface area contributed by atoms with Gasteiger partial charge in [-0.15, -0.1) is 0 Å². The summed E-state index contributed by atoms with van der Waals surface area (Å²) in [5.74, 6) is 0.554. The number of carboxylic acid groups (broad SMARTS) is 1. The first-order chi connectivity index (χ1) is 9.02. The lowest BCUT2D eigenvalue weighted by Crippen LogP contribution is -2.32. The zero-order valence-corrected chi connectivity index (χ0v) is 11.5. The van der Waals surface area contributed by atoms with Gasteiger partial charge in [-0.05, 0) is 25.7 Å². The third-order valence-electron chi connectivity index (χ3n) is 3.87. The van der Waals surface area contributed by atoms with Gasteiger partial charge in [0.2, 0.25) is 0 Å². The van der Waals surface area contributed by atoms with E-state index in [9.17, 15) is 9.90 Å². The molecule has 1 unspecified atom stereocenters. The van der Waals surface area contributed by atoms with Crippen molar-refractivity contribution in [2.45, 2.75) is 26.2 Å². The summed E-state index contributed by atoms with van der Waals surface area (Å²) < 4.78 is 10.5. The van der Waals surface area contributed by atoms with Gasteiger partial charge in [-0.1, -0.05) is 0 Å². The number of aromatic nitrogens is 1. The number of methoxy groups -OCH3 is 2. The minimum absolute atomic E-state index is 0.225. The van der Waals surface area contributed by atoms with Gasteiger partial charge in [0, 0.05) is 18.7 Å². The Labute approximate surface area is 112 Å². The van der Waals surface area contributed by atoms with Gasteiger partial charge in [-0.2, -0.15) is 0 Å². The zero-order valence-electron chi connectivity index (χ0n) is 11.5. The normalized spacial score (nSPS) is 17.6. The van der Waals surface area contributed by atoms with Crippen molar-refractivity contribution in [2.24, 2.45) is 11.3 Å². The van der Waals surface area contributed by atoms with E-state index in [1.54, 1.807) is 26.3 Å². The third kappa shape index (κ3) is 2.50. The van der Waals surface area contributed by atoms with Crippen LogP contribution in [0.5, 0.6) is 11.5 Å². The maximum Gasteiger partial charge on any atom is 0.310 e. The number of rotatable bonds is 6. The second-order valence-corrected chi connectivity index (χ2v) is 5.17. The van der Waals surface area contributed by atoms with Gasteiger partial charge in [0.15, 0.2) is 11.5 Å². The number of carboxylic acids is 1. The fraction of sp³-hybridized carbons (Fsp3) is 0.571. The Morgan fingerprint density at radius 2 is 2.16 bits per heavy atom. The highest BCUT2D eigenvalue weighted by molar-refractivity contribution is 5.75. The molecule has 1 heterocycles. The van der Waals surface area contributed by atoms with Crippen molar-refractivity contribution in [2.75, 3.05) is 14.2 Å². The lowest BCUT2D eigenvalue weighted by Gasteiger charge is -2.25. The Morgan fingerprint density at radius 1 is 1.47 bits per heavy atom. The highest BCUT2D eigenvalue weighted by Gasteiger charge is 2.48. The summed E-state index contributed by atoms with van der Waals surface area (Å²) in [5.41, 5.74) is -0.147. The van der Waals surface area contributed by atoms with Crippen LogP contribution in [0.25, 0.3) is 0 Å². The van der Waals surface area contributed by atoms with E-state index in [0.29, 0.717) is 23.6 Å². The second kappa shape index (κ2) is 5.07. The molecule has 2 rings (SSSR count). The summed E-state index contributed by atoms with van der Waals surface area (Å²) in [5, 5.41) is 9.49. The summed E-state index contributed by atoms with van der Waals surface area (Å²) in [4.78, 5) is 15.8. The van der Waals surface area contributed by atoms with E-state index in [0.717, 1.165) is 12.8 Å². The predicted octanol–water partition coefficient (Wildman–Crippen LogP) is 2.14. The highest BCUT2D eigenvalue weighted by atomic mass is 16.5. The fourth-order valence-corrected chi connectivity index (χ4v) is 2.44. The van der Waals surface area contributed by atoms with Crippen LogP contribution >= 0.6 is 0 Å². The Morgan fingerprint density at radius 3 is 2.63 bits per heavy atom. The Kier molecular flexibility index (Phi) is 3.64. The van der Waals surface area contributed by atoms with Gasteiger partial charge < -0.3 is 14.6 Å². The van der Waals surface area contributed by atoms with E-state index in [4.69, 9.17) is 9.47 Å². The Balaban J connectivity index is 2.34. The van der Waals surface area contributed by atoms with Crippen LogP contribution in [0.4, 0.5) is 0 Å². The molecule has 1 N–H and O–H groups in total. The van der Waals surface area contributed by atoms with Crippen LogP contribution in [0.3, 0.4) is 0 Å². The number of hydrogen-bond acceptors (Lipinski definition) is 4. The second-order valence-electron chi connectivity index (χ2n) is 5.17. The van der Waals surface area contributed by atoms with E-state index in [1.807, 2.05) is 0 Å². The predicted molar refractivity (Wildman–Crippen MR) is 69.5 cm³/mol. The molecular weight excluding hydrogens is 246 g/mol. The molecule has 5 nitrogen and oxygen atoms in total. The number of pyridine rings is 1. The molecule has 1 aliphatic rings. The van der Waals surface area contributed by atoms with Gasteiger partial charge >= 0.3 is 5.97 Å². The van der Waals surface area contributed by atoms with Crippen LogP contribution in [0.15, 0.2) is 12.3 Å². The van der Waals surface area contributed by atoms with E-state index in [2.05, 4.69) is 4.98 Å². The van der Waals surface area contributed by atoms with Gasteiger partial charge in [0.1, 0.15) is 0 Å². The summed E-state index contributed by atoms with van der Waals surface area (Å²) in [6.07, 6.45) is 3.91. The monoisotopic (exact) mass is 265 g/mol. The Bertz CT molecular complexity index is 484. The smallest absolute Gasteiger partial charge is 0.310 e. The van der Waals surface area contributed by atoms with Crippen LogP contribution < -0.4 is 9.47 Å². The molecule has 1 aromatic rings. The van der Waals surface area contributed by atoms with Crippen molar-refractivity contribution < 1.29 is 19.4 Å². The molecule has 0 bridgehead atoms. The topological polar surface area (TPSA) is 68.7 Å². The summed E-state index contributed by atoms with van der Waals surface area (Å²) in [6, 6.07) is 1.71. The first kappa shape index (κ1) is 13.6. The first-order valence-corrected chi connectivity index (χ1v) is 6.32. The zero-order chi connectivity index (χ0) is 14.0. The van der Waals surface area contributed by atoms with Crippen LogP contribution in [0, 0.1) is 11.3 Å². The van der Waals surface area contributed by atoms with E-state index < -0.39 is 11.4 Å². The van der Waals surface area contributed by atoms with Crippen molar-refractivity contribution in [3.05, 3.63) is 18.0 Å². The van der Waals surface area contributed by atoms with Crippen LogP contribution in [0.1, 0.15) is 25.5 Å². The van der Waals surface area contributed by atoms with Crippen molar-refractivity contribution in [1.82, 2.24) is 4.98 Å². The number of ether oxygens (including phenoxy) is 2. The molecule has 0 aromatic carbocycles. The lowest BCUT2D eigenvalue weighted by molar-refractivity contribution is -0.149. The number of aliphatic carboxylic acids is 1. The summed E-state index contributed by atoms with van der Waals surface area (Å²) in [7, 11) is 3.09. The Hall–Kier alpha value is -1.78. The number of carbonyl (C=O) groups is 1. The summed E-state index contributed by atoms with van der Waals surface area (Å²) in [6.45, 7) is 1.79. The molecule has 0 aliphatic heterocycles. The maximum atomic E-state index is 11.6. The standard InChI is InChI=1S/C14H19NO4/c1-14(13(16)17,9-4-5-9)8-10-12(19-3)11(18-2)6-7-15-10/h6-7,9H,4-5,8H2,1-3H3,(H,16,17). The molecule has 1 aromatic heterocycles. The average Bonchev–Trinajstić information content (AvgIpc) is 3.22. The fourth-order valence-electron chi connectivity index (χ4n) is 2.44. The molecule has 0 radical (unpaired) electrons. The lowest BCUT2D eigenvalue weighted by atomic mass is 9.80. The van der Waals surface area contributed by atoms with Crippen molar-refractivity contribution >= 4 is 5.97 Å². The minimum Gasteiger partial charge on any atom is -0.493 e. The minimum atomic E-state index is -0.785. The number of nitrogens with zero attached hydrogens (tertiary/aromatic N) is 1. The third-order valence-corrected chi connectivity index (χ3v) is 3.87. The van der Waals surface area contributed by atoms with Gasteiger partial charge in [-0.25, -0.2) is 0 Å². The molecule has 0 saturated heterocycles. The van der Waals surface area contributed by atoms with E-state index in [-0.39, 0.29) is 5.92 Å². The molecule has 19 heavy (non-hydrogen) atoms. The van der Waals surface area contributed by atoms with Gasteiger partial charge in [0.05, 0.1) is 25.3 Å². The quantitative estimate of drug-likeness (QED) is 0.853. The number of hydrogen-bond donors (Lipinski definition) is 1. The van der Waals surface area contributed by atoms with Crippen LogP contribution in [-0.2, 0) is 11.2 Å². The average molecular weight is 265 g/mol. The molecule has 1 atom stereocenters. The molecule has 104 valence electrons. The summed E-state index contributed by atoms with van der Waals surface area (Å²) >= 11 is 0. The van der Waals surface area contributed by atoms with Gasteiger partial charge in [-0.3, -0.25) is 9.78 Å². The largest absolute Gasteiger partial charge is 0.493 e. The van der Waals surface area contributed by atoms with E-state index >= 15 is 0 Å². The SMILES string of the molecule is COc1ccnc(CC(C)(C(=O)O)C2CC2)c1OC. The van der Waals surface area contributed by atoms with Crippen molar-refractivity contribution in [1.29, 1.82) is 0 Å². The van der Waals surface area contributed by atoms with Crippen LogP contribution in [-0.4, -0.2) is 30.3 Å². The maximum absolute atomic E-state index is 11.6. The molecular formula is C14H19NO4. The molecule has 5 heteroatoms. The van der Waals surface area contributed by atoms with Crippen molar-refractivity contribution in [3.8, 4) is 11.5 Å². The molecule has 1 saturated carbocycles. The van der Waals surface area contributed by atoms with Gasteiger partial charge in [0.25, 0.3) is 0 Å². The first-order valence-electron chi connectivity index (χ1n) is 6.32. The molecule has 1 aliphatic carbocycles.